The number of allylic oxidation sites excluding steroid dienone is 1. The molecule has 0 saturated heterocycles. The quantitative estimate of drug-likeness (QED) is 0.455. The van der Waals surface area contributed by atoms with E-state index in [9.17, 15) is 0 Å². The summed E-state index contributed by atoms with van der Waals surface area (Å²) in [6.07, 6.45) is 4.23. The minimum absolute atomic E-state index is 0.920. The number of nitrogens with zero attached hydrogens (tertiary/aromatic N) is 1. The highest BCUT2D eigenvalue weighted by Gasteiger charge is 1.90. The second-order valence-corrected chi connectivity index (χ2v) is 2.11. The first-order valence-electron chi connectivity index (χ1n) is 3.85. The van der Waals surface area contributed by atoms with E-state index in [1.54, 1.807) is 12.3 Å². The van der Waals surface area contributed by atoms with Gasteiger partial charge in [-0.1, -0.05) is 20.1 Å². The molecular formula is C9H16N2. The highest BCUT2D eigenvalue weighted by molar-refractivity contribution is 5.94. The summed E-state index contributed by atoms with van der Waals surface area (Å²) in [5.74, 6) is 0. The second kappa shape index (κ2) is 7.22. The number of hydrogen-bond donors (Lipinski definition) is 1. The van der Waals surface area contributed by atoms with Crippen molar-refractivity contribution in [2.75, 3.05) is 13.1 Å². The van der Waals surface area contributed by atoms with Gasteiger partial charge in [-0.25, -0.2) is 0 Å². The SMILES string of the molecule is C=CN=C(C=C)CCNCC. The van der Waals surface area contributed by atoms with E-state index in [1.165, 1.54) is 0 Å². The Kier molecular flexibility index (Phi) is 6.64. The van der Waals surface area contributed by atoms with Crippen LogP contribution in [-0.2, 0) is 0 Å². The summed E-state index contributed by atoms with van der Waals surface area (Å²) in [5.41, 5.74) is 0.987. The molecule has 0 aromatic carbocycles. The van der Waals surface area contributed by atoms with Gasteiger partial charge in [-0.2, -0.15) is 0 Å². The summed E-state index contributed by atoms with van der Waals surface area (Å²) in [5, 5.41) is 3.21. The van der Waals surface area contributed by atoms with Gasteiger partial charge in [-0.05, 0) is 12.6 Å². The van der Waals surface area contributed by atoms with Crippen molar-refractivity contribution in [3.8, 4) is 0 Å². The molecule has 0 unspecified atom stereocenters. The third-order valence-electron chi connectivity index (χ3n) is 1.30. The fourth-order valence-electron chi connectivity index (χ4n) is 0.730. The van der Waals surface area contributed by atoms with E-state index in [0.717, 1.165) is 25.2 Å². The van der Waals surface area contributed by atoms with Gasteiger partial charge in [-0.15, -0.1) is 0 Å². The molecule has 0 atom stereocenters. The topological polar surface area (TPSA) is 24.4 Å². The molecule has 62 valence electrons. The lowest BCUT2D eigenvalue weighted by molar-refractivity contribution is 0.738. The normalized spacial score (nSPS) is 11.2. The second-order valence-electron chi connectivity index (χ2n) is 2.11. The van der Waals surface area contributed by atoms with Gasteiger partial charge in [0.1, 0.15) is 0 Å². The van der Waals surface area contributed by atoms with Crippen LogP contribution in [0.3, 0.4) is 0 Å². The third kappa shape index (κ3) is 5.55. The van der Waals surface area contributed by atoms with E-state index in [4.69, 9.17) is 0 Å². The fourth-order valence-corrected chi connectivity index (χ4v) is 0.730. The molecule has 2 nitrogen and oxygen atoms in total. The van der Waals surface area contributed by atoms with Crippen molar-refractivity contribution in [1.29, 1.82) is 0 Å². The van der Waals surface area contributed by atoms with Crippen LogP contribution in [-0.4, -0.2) is 18.8 Å². The summed E-state index contributed by atoms with van der Waals surface area (Å²) >= 11 is 0. The maximum atomic E-state index is 4.04. The largest absolute Gasteiger partial charge is 0.317 e. The van der Waals surface area contributed by atoms with Crippen LogP contribution in [0.4, 0.5) is 0 Å². The van der Waals surface area contributed by atoms with E-state index >= 15 is 0 Å². The van der Waals surface area contributed by atoms with Gasteiger partial charge in [0.25, 0.3) is 0 Å². The Morgan fingerprint density at radius 2 is 2.27 bits per heavy atom. The Labute approximate surface area is 68.7 Å². The standard InChI is InChI=1S/C9H16N2/c1-4-9(11-6-3)7-8-10-5-2/h4,6,10H,1,3,5,7-8H2,2H3. The predicted octanol–water partition coefficient (Wildman–Crippen LogP) is 1.76. The summed E-state index contributed by atoms with van der Waals surface area (Å²) in [7, 11) is 0. The molecule has 11 heavy (non-hydrogen) atoms. The molecule has 2 heteroatoms. The van der Waals surface area contributed by atoms with Crippen molar-refractivity contribution in [3.05, 3.63) is 25.4 Å². The van der Waals surface area contributed by atoms with Gasteiger partial charge in [0.2, 0.25) is 0 Å². The predicted molar refractivity (Wildman–Crippen MR) is 51.0 cm³/mol. The van der Waals surface area contributed by atoms with Crippen LogP contribution in [0, 0.1) is 0 Å². The Bertz CT molecular complexity index is 148. The molecule has 0 radical (unpaired) electrons. The zero-order chi connectivity index (χ0) is 8.53. The molecule has 0 aliphatic carbocycles. The first kappa shape index (κ1) is 10.1. The van der Waals surface area contributed by atoms with Crippen LogP contribution < -0.4 is 5.32 Å². The van der Waals surface area contributed by atoms with E-state index in [-0.39, 0.29) is 0 Å². The van der Waals surface area contributed by atoms with E-state index in [1.807, 2.05) is 0 Å². The summed E-state index contributed by atoms with van der Waals surface area (Å²) in [6.45, 7) is 11.2. The molecule has 0 aliphatic rings. The summed E-state index contributed by atoms with van der Waals surface area (Å²) in [6, 6.07) is 0. The highest BCUT2D eigenvalue weighted by atomic mass is 14.8. The molecule has 0 aromatic heterocycles. The Hall–Kier alpha value is -0.890. The minimum atomic E-state index is 0.920. The van der Waals surface area contributed by atoms with Gasteiger partial charge in [-0.3, -0.25) is 4.99 Å². The van der Waals surface area contributed by atoms with Crippen molar-refractivity contribution in [2.45, 2.75) is 13.3 Å². The molecule has 0 rings (SSSR count). The average Bonchev–Trinajstić information content (AvgIpc) is 2.03. The monoisotopic (exact) mass is 152 g/mol. The van der Waals surface area contributed by atoms with Crippen LogP contribution in [0.1, 0.15) is 13.3 Å². The molecule has 0 aliphatic heterocycles. The molecular weight excluding hydrogens is 136 g/mol. The van der Waals surface area contributed by atoms with Crippen molar-refractivity contribution in [2.24, 2.45) is 4.99 Å². The number of rotatable bonds is 6. The lowest BCUT2D eigenvalue weighted by Crippen LogP contribution is -2.16. The molecule has 0 amide bonds. The lowest BCUT2D eigenvalue weighted by Gasteiger charge is -1.99. The first-order chi connectivity index (χ1) is 5.35. The van der Waals surface area contributed by atoms with Crippen LogP contribution in [0.2, 0.25) is 0 Å². The van der Waals surface area contributed by atoms with E-state index in [0.29, 0.717) is 0 Å². The third-order valence-corrected chi connectivity index (χ3v) is 1.30. The fraction of sp³-hybridized carbons (Fsp3) is 0.444. The minimum Gasteiger partial charge on any atom is -0.317 e. The molecule has 0 fully saturated rings. The van der Waals surface area contributed by atoms with Crippen LogP contribution in [0.15, 0.2) is 30.4 Å². The zero-order valence-corrected chi connectivity index (χ0v) is 7.14. The van der Waals surface area contributed by atoms with Gasteiger partial charge < -0.3 is 5.32 Å². The summed E-state index contributed by atoms with van der Waals surface area (Å²) in [4.78, 5) is 4.04. The molecule has 0 aromatic rings. The Morgan fingerprint density at radius 1 is 1.55 bits per heavy atom. The molecule has 0 bridgehead atoms. The first-order valence-corrected chi connectivity index (χ1v) is 3.85. The molecule has 1 N–H and O–H groups in total. The molecule has 0 spiro atoms. The van der Waals surface area contributed by atoms with E-state index < -0.39 is 0 Å². The molecule has 0 saturated carbocycles. The van der Waals surface area contributed by atoms with E-state index in [2.05, 4.69) is 30.4 Å². The van der Waals surface area contributed by atoms with Gasteiger partial charge in [0.05, 0.1) is 0 Å². The van der Waals surface area contributed by atoms with Crippen molar-refractivity contribution < 1.29 is 0 Å². The molecule has 0 heterocycles. The van der Waals surface area contributed by atoms with Crippen LogP contribution >= 0.6 is 0 Å². The maximum absolute atomic E-state index is 4.04. The zero-order valence-electron chi connectivity index (χ0n) is 7.14. The van der Waals surface area contributed by atoms with Gasteiger partial charge >= 0.3 is 0 Å². The number of hydrogen-bond acceptors (Lipinski definition) is 2. The maximum Gasteiger partial charge on any atom is 0.0410 e. The average molecular weight is 152 g/mol. The van der Waals surface area contributed by atoms with Gasteiger partial charge in [0.15, 0.2) is 0 Å². The highest BCUT2D eigenvalue weighted by Crippen LogP contribution is 1.87. The van der Waals surface area contributed by atoms with Crippen molar-refractivity contribution >= 4 is 5.71 Å². The summed E-state index contributed by atoms with van der Waals surface area (Å²) < 4.78 is 0. The lowest BCUT2D eigenvalue weighted by atomic mass is 10.2. The smallest absolute Gasteiger partial charge is 0.0410 e. The van der Waals surface area contributed by atoms with Crippen molar-refractivity contribution in [3.63, 3.8) is 0 Å². The Balaban J connectivity index is 3.60. The van der Waals surface area contributed by atoms with Gasteiger partial charge in [0, 0.05) is 24.9 Å². The van der Waals surface area contributed by atoms with Crippen LogP contribution in [0.5, 0.6) is 0 Å². The Morgan fingerprint density at radius 3 is 2.73 bits per heavy atom. The van der Waals surface area contributed by atoms with Crippen LogP contribution in [0.25, 0.3) is 0 Å². The van der Waals surface area contributed by atoms with Crippen molar-refractivity contribution in [1.82, 2.24) is 5.32 Å². The number of nitrogens with one attached hydrogen (secondary N) is 1. The number of aliphatic imine (C=N–C) groups is 1.